The molecule has 24 heavy (non-hydrogen) atoms. The zero-order valence-corrected chi connectivity index (χ0v) is 14.9. The fourth-order valence-electron chi connectivity index (χ4n) is 4.58. The molecule has 5 nitrogen and oxygen atoms in total. The Labute approximate surface area is 149 Å². The Bertz CT molecular complexity index is 584. The SMILES string of the molecule is C=C1SC2C(C(=O)O)C(=O)C3CC(F)C(N4CCSCC4)CC3N12. The first-order chi connectivity index (χ1) is 11.5. The van der Waals surface area contributed by atoms with E-state index < -0.39 is 24.0 Å². The Morgan fingerprint density at radius 2 is 1.96 bits per heavy atom. The molecule has 0 aromatic rings. The van der Waals surface area contributed by atoms with Gasteiger partial charge in [0.1, 0.15) is 17.5 Å². The van der Waals surface area contributed by atoms with Crippen LogP contribution in [0.3, 0.4) is 0 Å². The summed E-state index contributed by atoms with van der Waals surface area (Å²) in [5.74, 6) is -0.927. The van der Waals surface area contributed by atoms with Gasteiger partial charge in [0.2, 0.25) is 0 Å². The topological polar surface area (TPSA) is 60.9 Å². The van der Waals surface area contributed by atoms with Gasteiger partial charge in [-0.2, -0.15) is 11.8 Å². The number of carboxylic acids is 1. The van der Waals surface area contributed by atoms with Gasteiger partial charge in [-0.05, 0) is 12.8 Å². The number of hydrogen-bond acceptors (Lipinski definition) is 6. The molecule has 132 valence electrons. The summed E-state index contributed by atoms with van der Waals surface area (Å²) in [5, 5.41) is 9.89. The van der Waals surface area contributed by atoms with Crippen molar-refractivity contribution in [1.29, 1.82) is 0 Å². The fraction of sp³-hybridized carbons (Fsp3) is 0.750. The molecule has 1 aliphatic carbocycles. The Balaban J connectivity index is 1.59. The zero-order chi connectivity index (χ0) is 17.0. The standard InChI is InChI=1S/C16H21FN2O3S2/c1-8-19-11-7-12(18-2-4-23-5-3-18)10(17)6-9(11)14(20)13(16(21)22)15(19)24-8/h9-13,15H,1-7H2,(H,21,22). The van der Waals surface area contributed by atoms with Gasteiger partial charge >= 0.3 is 5.97 Å². The number of nitrogens with zero attached hydrogens (tertiary/aromatic N) is 2. The van der Waals surface area contributed by atoms with E-state index in [9.17, 15) is 19.1 Å². The Kier molecular flexibility index (Phi) is 4.33. The third-order valence-corrected chi connectivity index (χ3v) is 7.92. The average Bonchev–Trinajstić information content (AvgIpc) is 2.55. The number of halogens is 1. The van der Waals surface area contributed by atoms with Crippen LogP contribution in [-0.4, -0.2) is 74.9 Å². The number of carbonyl (C=O) groups is 2. The second-order valence-corrected chi connectivity index (χ2v) is 9.32. The van der Waals surface area contributed by atoms with E-state index in [4.69, 9.17) is 0 Å². The second-order valence-electron chi connectivity index (χ2n) is 6.90. The van der Waals surface area contributed by atoms with Crippen LogP contribution in [-0.2, 0) is 9.59 Å². The van der Waals surface area contributed by atoms with Crippen molar-refractivity contribution in [3.8, 4) is 0 Å². The number of alkyl halides is 1. The van der Waals surface area contributed by atoms with Crippen LogP contribution in [0.25, 0.3) is 0 Å². The summed E-state index contributed by atoms with van der Waals surface area (Å²) in [6.45, 7) is 5.76. The summed E-state index contributed by atoms with van der Waals surface area (Å²) in [4.78, 5) is 28.4. The van der Waals surface area contributed by atoms with E-state index in [0.717, 1.165) is 29.6 Å². The second kappa shape index (κ2) is 6.21. The highest BCUT2D eigenvalue weighted by molar-refractivity contribution is 8.05. The van der Waals surface area contributed by atoms with Crippen molar-refractivity contribution >= 4 is 35.3 Å². The molecule has 8 heteroatoms. The van der Waals surface area contributed by atoms with E-state index >= 15 is 0 Å². The van der Waals surface area contributed by atoms with Crippen LogP contribution in [0.4, 0.5) is 4.39 Å². The third kappa shape index (κ3) is 2.49. The van der Waals surface area contributed by atoms with Crippen LogP contribution >= 0.6 is 23.5 Å². The minimum atomic E-state index is -1.10. The molecule has 0 radical (unpaired) electrons. The Morgan fingerprint density at radius 3 is 2.58 bits per heavy atom. The van der Waals surface area contributed by atoms with Gasteiger partial charge in [-0.15, -0.1) is 0 Å². The molecule has 3 saturated heterocycles. The lowest BCUT2D eigenvalue weighted by Crippen LogP contribution is -2.67. The summed E-state index contributed by atoms with van der Waals surface area (Å²) < 4.78 is 14.9. The normalized spacial score (nSPS) is 43.0. The first-order valence-corrected chi connectivity index (χ1v) is 10.4. The molecule has 0 spiro atoms. The maximum atomic E-state index is 14.9. The lowest BCUT2D eigenvalue weighted by Gasteiger charge is -2.59. The molecular weight excluding hydrogens is 351 g/mol. The molecule has 6 unspecified atom stereocenters. The number of rotatable bonds is 2. The molecular formula is C16H21FN2O3S2. The van der Waals surface area contributed by atoms with Crippen molar-refractivity contribution in [2.75, 3.05) is 24.6 Å². The maximum absolute atomic E-state index is 14.9. The van der Waals surface area contributed by atoms with Gasteiger partial charge in [-0.25, -0.2) is 4.39 Å². The highest BCUT2D eigenvalue weighted by atomic mass is 32.2. The molecule has 0 bridgehead atoms. The predicted molar refractivity (Wildman–Crippen MR) is 92.6 cm³/mol. The monoisotopic (exact) mass is 372 g/mol. The van der Waals surface area contributed by atoms with Gasteiger partial charge in [-0.1, -0.05) is 18.3 Å². The number of thioether (sulfide) groups is 2. The summed E-state index contributed by atoms with van der Waals surface area (Å²) in [6, 6.07) is -0.265. The predicted octanol–water partition coefficient (Wildman–Crippen LogP) is 1.65. The van der Waals surface area contributed by atoms with Crippen LogP contribution in [0.15, 0.2) is 11.6 Å². The Hall–Kier alpha value is -0.730. The number of carbonyl (C=O) groups excluding carboxylic acids is 1. The van der Waals surface area contributed by atoms with Gasteiger partial charge in [0.15, 0.2) is 5.78 Å². The Morgan fingerprint density at radius 1 is 1.25 bits per heavy atom. The van der Waals surface area contributed by atoms with Gasteiger partial charge in [0.05, 0.1) is 5.03 Å². The van der Waals surface area contributed by atoms with Gasteiger partial charge in [-0.3, -0.25) is 14.5 Å². The summed E-state index contributed by atoms with van der Waals surface area (Å²) in [5.41, 5.74) is 0. The quantitative estimate of drug-likeness (QED) is 0.740. The number of piperidine rings is 1. The molecule has 1 saturated carbocycles. The van der Waals surface area contributed by atoms with Crippen molar-refractivity contribution in [3.05, 3.63) is 11.6 Å². The average molecular weight is 372 g/mol. The molecule has 4 fully saturated rings. The zero-order valence-electron chi connectivity index (χ0n) is 13.3. The fourth-order valence-corrected chi connectivity index (χ4v) is 6.79. The van der Waals surface area contributed by atoms with Crippen LogP contribution in [0.5, 0.6) is 0 Å². The first-order valence-electron chi connectivity index (χ1n) is 8.35. The van der Waals surface area contributed by atoms with Crippen molar-refractivity contribution in [2.24, 2.45) is 11.8 Å². The molecule has 0 aromatic heterocycles. The van der Waals surface area contributed by atoms with Gasteiger partial charge in [0, 0.05) is 42.6 Å². The number of carboxylic acid groups (broad SMARTS) is 1. The molecule has 4 rings (SSSR count). The highest BCUT2D eigenvalue weighted by Gasteiger charge is 2.59. The minimum Gasteiger partial charge on any atom is -0.481 e. The van der Waals surface area contributed by atoms with Gasteiger partial charge < -0.3 is 10.0 Å². The highest BCUT2D eigenvalue weighted by Crippen LogP contribution is 2.54. The number of hydrogen-bond donors (Lipinski definition) is 1. The lowest BCUT2D eigenvalue weighted by molar-refractivity contribution is -0.156. The van der Waals surface area contributed by atoms with Crippen molar-refractivity contribution in [3.63, 3.8) is 0 Å². The van der Waals surface area contributed by atoms with Crippen molar-refractivity contribution in [1.82, 2.24) is 9.80 Å². The van der Waals surface area contributed by atoms with E-state index in [0.29, 0.717) is 6.42 Å². The summed E-state index contributed by atoms with van der Waals surface area (Å²) in [6.07, 6.45) is -0.334. The van der Waals surface area contributed by atoms with Crippen LogP contribution in [0.1, 0.15) is 12.8 Å². The first kappa shape index (κ1) is 16.7. The number of Topliss-reactive ketones (excluding diaryl/α,β-unsaturated/α-hetero) is 1. The van der Waals surface area contributed by atoms with Crippen molar-refractivity contribution in [2.45, 2.75) is 36.5 Å². The molecule has 3 heterocycles. The molecule has 0 amide bonds. The molecule has 4 aliphatic rings. The van der Waals surface area contributed by atoms with Crippen LogP contribution < -0.4 is 0 Å². The van der Waals surface area contributed by atoms with E-state index in [1.54, 1.807) is 0 Å². The molecule has 0 aromatic carbocycles. The summed E-state index contributed by atoms with van der Waals surface area (Å²) in [7, 11) is 0. The van der Waals surface area contributed by atoms with E-state index in [1.165, 1.54) is 11.8 Å². The molecule has 3 aliphatic heterocycles. The largest absolute Gasteiger partial charge is 0.481 e. The van der Waals surface area contributed by atoms with E-state index in [1.807, 2.05) is 16.7 Å². The number of aliphatic carboxylic acids is 1. The summed E-state index contributed by atoms with van der Waals surface area (Å²) >= 11 is 3.26. The van der Waals surface area contributed by atoms with E-state index in [-0.39, 0.29) is 29.7 Å². The maximum Gasteiger partial charge on any atom is 0.317 e. The van der Waals surface area contributed by atoms with Crippen LogP contribution in [0, 0.1) is 11.8 Å². The van der Waals surface area contributed by atoms with Crippen molar-refractivity contribution < 1.29 is 19.1 Å². The third-order valence-electron chi connectivity index (χ3n) is 5.76. The van der Waals surface area contributed by atoms with E-state index in [2.05, 4.69) is 11.5 Å². The lowest BCUT2D eigenvalue weighted by atomic mass is 9.71. The number of fused-ring (bicyclic) bond motifs is 3. The molecule has 6 atom stereocenters. The minimum absolute atomic E-state index is 0.0987. The van der Waals surface area contributed by atoms with Crippen LogP contribution in [0.2, 0.25) is 0 Å². The molecule has 1 N–H and O–H groups in total. The smallest absolute Gasteiger partial charge is 0.317 e. The number of ketones is 1. The van der Waals surface area contributed by atoms with Gasteiger partial charge in [0.25, 0.3) is 0 Å².